The Labute approximate surface area is 109 Å². The van der Waals surface area contributed by atoms with Gasteiger partial charge in [-0.15, -0.1) is 0 Å². The molecular formula is C15H23NO2. The Morgan fingerprint density at radius 2 is 1.89 bits per heavy atom. The van der Waals surface area contributed by atoms with E-state index in [-0.39, 0.29) is 0 Å². The second kappa shape index (κ2) is 4.88. The van der Waals surface area contributed by atoms with Crippen LogP contribution in [0.15, 0.2) is 18.5 Å². The predicted molar refractivity (Wildman–Crippen MR) is 71.6 cm³/mol. The van der Waals surface area contributed by atoms with Crippen LogP contribution in [0, 0.1) is 5.41 Å². The summed E-state index contributed by atoms with van der Waals surface area (Å²) in [4.78, 5) is 4.17. The highest BCUT2D eigenvalue weighted by atomic mass is 16.5. The third-order valence-electron chi connectivity index (χ3n) is 3.99. The van der Waals surface area contributed by atoms with Gasteiger partial charge in [-0.3, -0.25) is 4.98 Å². The van der Waals surface area contributed by atoms with Crippen LogP contribution in [0.5, 0.6) is 5.75 Å². The zero-order valence-electron chi connectivity index (χ0n) is 11.6. The molecule has 1 aromatic rings. The maximum absolute atomic E-state index is 10.8. The fourth-order valence-corrected chi connectivity index (χ4v) is 2.55. The lowest BCUT2D eigenvalue weighted by Gasteiger charge is -2.40. The summed E-state index contributed by atoms with van der Waals surface area (Å²) in [6.07, 6.45) is 7.16. The molecule has 0 unspecified atom stereocenters. The molecule has 1 fully saturated rings. The second-order valence-electron chi connectivity index (χ2n) is 6.04. The molecule has 0 atom stereocenters. The van der Waals surface area contributed by atoms with Gasteiger partial charge in [0.05, 0.1) is 18.4 Å². The Morgan fingerprint density at radius 3 is 2.50 bits per heavy atom. The maximum Gasteiger partial charge on any atom is 0.137 e. The van der Waals surface area contributed by atoms with E-state index < -0.39 is 5.60 Å². The SMILES string of the molecule is CCOc1cncc(C2(O)CCC(C)(C)CC2)c1. The zero-order chi connectivity index (χ0) is 13.2. The van der Waals surface area contributed by atoms with Gasteiger partial charge in [0.2, 0.25) is 0 Å². The van der Waals surface area contributed by atoms with Crippen LogP contribution in [0.3, 0.4) is 0 Å². The van der Waals surface area contributed by atoms with Crippen molar-refractivity contribution in [3.8, 4) is 5.75 Å². The van der Waals surface area contributed by atoms with E-state index in [9.17, 15) is 5.11 Å². The fourth-order valence-electron chi connectivity index (χ4n) is 2.55. The lowest BCUT2D eigenvalue weighted by atomic mass is 9.69. The molecule has 1 aromatic heterocycles. The first kappa shape index (κ1) is 13.3. The molecule has 1 aliphatic rings. The minimum absolute atomic E-state index is 0.344. The van der Waals surface area contributed by atoms with Crippen molar-refractivity contribution in [3.63, 3.8) is 0 Å². The fraction of sp³-hybridized carbons (Fsp3) is 0.667. The quantitative estimate of drug-likeness (QED) is 0.894. The first-order valence-corrected chi connectivity index (χ1v) is 6.76. The van der Waals surface area contributed by atoms with Crippen LogP contribution in [-0.2, 0) is 5.60 Å². The minimum Gasteiger partial charge on any atom is -0.492 e. The third-order valence-corrected chi connectivity index (χ3v) is 3.99. The van der Waals surface area contributed by atoms with Gasteiger partial charge >= 0.3 is 0 Å². The van der Waals surface area contributed by atoms with Crippen molar-refractivity contribution in [2.75, 3.05) is 6.61 Å². The van der Waals surface area contributed by atoms with Gasteiger partial charge in [0.25, 0.3) is 0 Å². The summed E-state index contributed by atoms with van der Waals surface area (Å²) in [6, 6.07) is 1.93. The topological polar surface area (TPSA) is 42.4 Å². The minimum atomic E-state index is -0.727. The van der Waals surface area contributed by atoms with Crippen LogP contribution in [-0.4, -0.2) is 16.7 Å². The van der Waals surface area contributed by atoms with Gasteiger partial charge in [-0.1, -0.05) is 13.8 Å². The number of nitrogens with zero attached hydrogens (tertiary/aromatic N) is 1. The largest absolute Gasteiger partial charge is 0.492 e. The van der Waals surface area contributed by atoms with Gasteiger partial charge in [0, 0.05) is 11.8 Å². The predicted octanol–water partition coefficient (Wildman–Crippen LogP) is 3.27. The van der Waals surface area contributed by atoms with E-state index in [4.69, 9.17) is 4.74 Å². The summed E-state index contributed by atoms with van der Waals surface area (Å²) in [6.45, 7) is 7.10. The smallest absolute Gasteiger partial charge is 0.137 e. The van der Waals surface area contributed by atoms with E-state index in [1.165, 1.54) is 0 Å². The number of ether oxygens (including phenoxy) is 1. The van der Waals surface area contributed by atoms with Crippen molar-refractivity contribution in [1.82, 2.24) is 4.98 Å². The molecule has 0 aliphatic heterocycles. The Bertz CT molecular complexity index is 405. The molecule has 0 saturated heterocycles. The van der Waals surface area contributed by atoms with E-state index >= 15 is 0 Å². The lowest BCUT2D eigenvalue weighted by molar-refractivity contribution is -0.0309. The highest BCUT2D eigenvalue weighted by Crippen LogP contribution is 2.45. The monoisotopic (exact) mass is 249 g/mol. The maximum atomic E-state index is 10.8. The highest BCUT2D eigenvalue weighted by Gasteiger charge is 2.38. The number of pyridine rings is 1. The van der Waals surface area contributed by atoms with Gasteiger partial charge < -0.3 is 9.84 Å². The standard InChI is InChI=1S/C15H23NO2/c1-4-18-13-9-12(10-16-11-13)15(17)7-5-14(2,3)6-8-15/h9-11,17H,4-8H2,1-3H3. The van der Waals surface area contributed by atoms with Crippen molar-refractivity contribution in [2.24, 2.45) is 5.41 Å². The summed E-state index contributed by atoms with van der Waals surface area (Å²) >= 11 is 0. The van der Waals surface area contributed by atoms with E-state index in [0.29, 0.717) is 12.0 Å². The molecule has 1 aliphatic carbocycles. The second-order valence-corrected chi connectivity index (χ2v) is 6.04. The number of rotatable bonds is 3. The molecule has 0 aromatic carbocycles. The van der Waals surface area contributed by atoms with E-state index in [0.717, 1.165) is 37.0 Å². The molecule has 0 bridgehead atoms. The lowest BCUT2D eigenvalue weighted by Crippen LogP contribution is -2.34. The summed E-state index contributed by atoms with van der Waals surface area (Å²) < 4.78 is 5.45. The van der Waals surface area contributed by atoms with Gasteiger partial charge in [-0.2, -0.15) is 0 Å². The molecule has 0 spiro atoms. The number of hydrogen-bond acceptors (Lipinski definition) is 3. The molecule has 3 nitrogen and oxygen atoms in total. The van der Waals surface area contributed by atoms with E-state index in [1.54, 1.807) is 12.4 Å². The van der Waals surface area contributed by atoms with Gasteiger partial charge in [-0.05, 0) is 44.1 Å². The van der Waals surface area contributed by atoms with Crippen molar-refractivity contribution in [2.45, 2.75) is 52.1 Å². The van der Waals surface area contributed by atoms with Crippen LogP contribution >= 0.6 is 0 Å². The molecular weight excluding hydrogens is 226 g/mol. The normalized spacial score (nSPS) is 21.6. The molecule has 1 N–H and O–H groups in total. The Balaban J connectivity index is 2.17. The van der Waals surface area contributed by atoms with Crippen LogP contribution in [0.1, 0.15) is 52.0 Å². The summed E-state index contributed by atoms with van der Waals surface area (Å²) in [5.74, 6) is 0.744. The van der Waals surface area contributed by atoms with Gasteiger partial charge in [-0.25, -0.2) is 0 Å². The van der Waals surface area contributed by atoms with Crippen molar-refractivity contribution >= 4 is 0 Å². The average molecular weight is 249 g/mol. The number of aliphatic hydroxyl groups is 1. The molecule has 2 rings (SSSR count). The molecule has 0 amide bonds. The van der Waals surface area contributed by atoms with Gasteiger partial charge in [0.1, 0.15) is 5.75 Å². The van der Waals surface area contributed by atoms with E-state index in [2.05, 4.69) is 18.8 Å². The number of aromatic nitrogens is 1. The molecule has 0 radical (unpaired) electrons. The van der Waals surface area contributed by atoms with Crippen molar-refractivity contribution < 1.29 is 9.84 Å². The zero-order valence-corrected chi connectivity index (χ0v) is 11.6. The molecule has 3 heteroatoms. The Kier molecular flexibility index (Phi) is 3.62. The van der Waals surface area contributed by atoms with Crippen LogP contribution < -0.4 is 4.74 Å². The first-order valence-electron chi connectivity index (χ1n) is 6.76. The van der Waals surface area contributed by atoms with Crippen LogP contribution in [0.4, 0.5) is 0 Å². The molecule has 100 valence electrons. The first-order chi connectivity index (χ1) is 8.45. The molecule has 18 heavy (non-hydrogen) atoms. The third kappa shape index (κ3) is 2.83. The molecule has 1 heterocycles. The average Bonchev–Trinajstić information content (AvgIpc) is 2.34. The van der Waals surface area contributed by atoms with E-state index in [1.807, 2.05) is 13.0 Å². The van der Waals surface area contributed by atoms with Crippen LogP contribution in [0.25, 0.3) is 0 Å². The summed E-state index contributed by atoms with van der Waals surface area (Å²) in [5, 5.41) is 10.8. The number of hydrogen-bond donors (Lipinski definition) is 1. The summed E-state index contributed by atoms with van der Waals surface area (Å²) in [5.41, 5.74) is 0.510. The highest BCUT2D eigenvalue weighted by molar-refractivity contribution is 5.28. The molecule has 1 saturated carbocycles. The Hall–Kier alpha value is -1.09. The van der Waals surface area contributed by atoms with Crippen molar-refractivity contribution in [1.29, 1.82) is 0 Å². The van der Waals surface area contributed by atoms with Gasteiger partial charge in [0.15, 0.2) is 0 Å². The van der Waals surface area contributed by atoms with Crippen molar-refractivity contribution in [3.05, 3.63) is 24.0 Å². The Morgan fingerprint density at radius 1 is 1.22 bits per heavy atom. The van der Waals surface area contributed by atoms with Crippen LogP contribution in [0.2, 0.25) is 0 Å². The summed E-state index contributed by atoms with van der Waals surface area (Å²) in [7, 11) is 0.